The highest BCUT2D eigenvalue weighted by molar-refractivity contribution is 6.60. The van der Waals surface area contributed by atoms with E-state index in [0.29, 0.717) is 38.5 Å². The molecule has 0 unspecified atom stereocenters. The third-order valence-corrected chi connectivity index (χ3v) is 10.2. The van der Waals surface area contributed by atoms with Gasteiger partial charge >= 0.3 is 14.8 Å². The second-order valence-electron chi connectivity index (χ2n) is 10.1. The van der Waals surface area contributed by atoms with Crippen LogP contribution in [-0.2, 0) is 26.1 Å². The van der Waals surface area contributed by atoms with E-state index in [1.807, 2.05) is 20.8 Å². The molecule has 3 rings (SSSR count). The number of aryl methyl sites for hydroxylation is 1. The first-order chi connectivity index (χ1) is 17.9. The Morgan fingerprint density at radius 2 is 1.57 bits per heavy atom. The molecule has 0 radical (unpaired) electrons. The number of hydrogen-bond acceptors (Lipinski definition) is 8. The fourth-order valence-electron chi connectivity index (χ4n) is 5.32. The number of hydrogen-bond donors (Lipinski definition) is 3. The Morgan fingerprint density at radius 3 is 2.19 bits per heavy atom. The number of nitrogens with zero attached hydrogens (tertiary/aromatic N) is 3. The second kappa shape index (κ2) is 14.8. The fraction of sp³-hybridized carbons (Fsp3) is 0.808. The molecule has 2 amide bonds. The van der Waals surface area contributed by atoms with E-state index in [0.717, 1.165) is 56.7 Å². The summed E-state index contributed by atoms with van der Waals surface area (Å²) < 4.78 is 17.7. The maximum Gasteiger partial charge on any atom is 0.500 e. The molecule has 0 spiro atoms. The number of aromatic nitrogens is 2. The Labute approximate surface area is 224 Å². The van der Waals surface area contributed by atoms with Crippen LogP contribution in [0.15, 0.2) is 0 Å². The van der Waals surface area contributed by atoms with Crippen LogP contribution in [-0.4, -0.2) is 77.3 Å². The molecule has 0 aromatic carbocycles. The molecule has 0 bridgehead atoms. The molecular weight excluding hydrogens is 488 g/mol. The summed E-state index contributed by atoms with van der Waals surface area (Å²) in [4.78, 5) is 24.3. The SMILES string of the molecule is CCO[Si](CCCNC(=O)N[C@H]1CC[C@@H](Nc2nc3c(c(N(C)C)n2)CCCC3)CC1)(OCC)OCC. The summed E-state index contributed by atoms with van der Waals surface area (Å²) in [6.45, 7) is 8.12. The zero-order valence-corrected chi connectivity index (χ0v) is 24.5. The molecule has 1 aromatic rings. The van der Waals surface area contributed by atoms with Gasteiger partial charge < -0.3 is 34.1 Å². The molecule has 37 heavy (non-hydrogen) atoms. The molecule has 1 saturated carbocycles. The van der Waals surface area contributed by atoms with Crippen molar-refractivity contribution in [1.29, 1.82) is 0 Å². The minimum Gasteiger partial charge on any atom is -0.374 e. The quantitative estimate of drug-likeness (QED) is 0.243. The molecule has 0 saturated heterocycles. The van der Waals surface area contributed by atoms with E-state index in [1.54, 1.807) is 0 Å². The van der Waals surface area contributed by atoms with Gasteiger partial charge in [0.25, 0.3) is 0 Å². The largest absolute Gasteiger partial charge is 0.500 e. The van der Waals surface area contributed by atoms with Crippen molar-refractivity contribution in [2.75, 3.05) is 50.7 Å². The summed E-state index contributed by atoms with van der Waals surface area (Å²) in [6, 6.07) is 1.09. The Balaban J connectivity index is 1.40. The summed E-state index contributed by atoms with van der Waals surface area (Å²) in [7, 11) is 1.45. The number of urea groups is 1. The normalized spacial score (nSPS) is 19.7. The van der Waals surface area contributed by atoms with E-state index < -0.39 is 8.80 Å². The molecule has 11 heteroatoms. The first kappa shape index (κ1) is 29.6. The lowest BCUT2D eigenvalue weighted by molar-refractivity contribution is 0.0708. The predicted octanol–water partition coefficient (Wildman–Crippen LogP) is 3.88. The van der Waals surface area contributed by atoms with Crippen LogP contribution in [0, 0.1) is 0 Å². The standard InChI is InChI=1S/C26H48N6O4Si/c1-6-34-37(35-7-2,36-8-3)19-11-18-27-26(33)29-21-16-14-20(15-17-21)28-25-30-23-13-10-9-12-22(23)24(31-25)32(4)5/h20-21H,6-19H2,1-5H3,(H2,27,29,33)(H,28,30,31)/t20-,21+. The minimum atomic E-state index is -2.66. The number of carbonyl (C=O) groups is 1. The van der Waals surface area contributed by atoms with Crippen LogP contribution in [0.5, 0.6) is 0 Å². The van der Waals surface area contributed by atoms with E-state index >= 15 is 0 Å². The van der Waals surface area contributed by atoms with E-state index in [9.17, 15) is 4.79 Å². The van der Waals surface area contributed by atoms with E-state index in [1.165, 1.54) is 24.1 Å². The van der Waals surface area contributed by atoms with Gasteiger partial charge in [-0.05, 0) is 78.6 Å². The molecule has 3 N–H and O–H groups in total. The molecule has 210 valence electrons. The summed E-state index contributed by atoms with van der Waals surface area (Å²) in [5, 5.41) is 9.71. The van der Waals surface area contributed by atoms with Gasteiger partial charge in [0, 0.05) is 64.2 Å². The van der Waals surface area contributed by atoms with Crippen LogP contribution in [0.2, 0.25) is 6.04 Å². The van der Waals surface area contributed by atoms with Gasteiger partial charge in [-0.25, -0.2) is 9.78 Å². The van der Waals surface area contributed by atoms with Crippen LogP contribution in [0.25, 0.3) is 0 Å². The maximum absolute atomic E-state index is 12.5. The molecular formula is C26H48N6O4Si. The van der Waals surface area contributed by atoms with Gasteiger partial charge in [0.05, 0.1) is 5.69 Å². The summed E-state index contributed by atoms with van der Waals surface area (Å²) in [5.41, 5.74) is 2.51. The number of amides is 2. The Kier molecular flexibility index (Phi) is 11.9. The molecule has 0 aliphatic heterocycles. The molecule has 0 atom stereocenters. The second-order valence-corrected chi connectivity index (χ2v) is 12.8. The maximum atomic E-state index is 12.5. The van der Waals surface area contributed by atoms with Crippen molar-refractivity contribution < 1.29 is 18.1 Å². The zero-order valence-electron chi connectivity index (χ0n) is 23.5. The lowest BCUT2D eigenvalue weighted by atomic mass is 9.91. The van der Waals surface area contributed by atoms with Crippen LogP contribution in [0.3, 0.4) is 0 Å². The van der Waals surface area contributed by atoms with E-state index in [2.05, 4.69) is 34.9 Å². The third-order valence-electron chi connectivity index (χ3n) is 7.02. The van der Waals surface area contributed by atoms with E-state index in [4.69, 9.17) is 23.2 Å². The van der Waals surface area contributed by atoms with Crippen molar-refractivity contribution in [1.82, 2.24) is 20.6 Å². The number of rotatable bonds is 14. The number of fused-ring (bicyclic) bond motifs is 1. The van der Waals surface area contributed by atoms with Crippen molar-refractivity contribution in [2.24, 2.45) is 0 Å². The first-order valence-electron chi connectivity index (χ1n) is 14.2. The van der Waals surface area contributed by atoms with Crippen molar-refractivity contribution in [3.8, 4) is 0 Å². The lowest BCUT2D eigenvalue weighted by Gasteiger charge is -2.30. The van der Waals surface area contributed by atoms with Crippen LogP contribution in [0.1, 0.15) is 77.0 Å². The molecule has 2 aliphatic carbocycles. The predicted molar refractivity (Wildman–Crippen MR) is 149 cm³/mol. The third kappa shape index (κ3) is 8.80. The van der Waals surface area contributed by atoms with Gasteiger partial charge in [-0.1, -0.05) is 0 Å². The highest BCUT2D eigenvalue weighted by Crippen LogP contribution is 2.29. The van der Waals surface area contributed by atoms with Gasteiger partial charge in [0.1, 0.15) is 5.82 Å². The number of carbonyl (C=O) groups excluding carboxylic acids is 1. The number of anilines is 2. The topological polar surface area (TPSA) is 110 Å². The Hall–Kier alpha value is -1.95. The average molecular weight is 537 g/mol. The molecule has 2 aliphatic rings. The van der Waals surface area contributed by atoms with Crippen molar-refractivity contribution in [3.05, 3.63) is 11.3 Å². The van der Waals surface area contributed by atoms with Gasteiger partial charge in [-0.2, -0.15) is 4.98 Å². The van der Waals surface area contributed by atoms with Crippen molar-refractivity contribution in [2.45, 2.75) is 96.7 Å². The van der Waals surface area contributed by atoms with Gasteiger partial charge in [-0.3, -0.25) is 0 Å². The molecule has 1 aromatic heterocycles. The van der Waals surface area contributed by atoms with Gasteiger partial charge in [0.15, 0.2) is 0 Å². The van der Waals surface area contributed by atoms with Gasteiger partial charge in [0.2, 0.25) is 5.95 Å². The van der Waals surface area contributed by atoms with E-state index in [-0.39, 0.29) is 12.1 Å². The van der Waals surface area contributed by atoms with Gasteiger partial charge in [-0.15, -0.1) is 0 Å². The van der Waals surface area contributed by atoms with Crippen LogP contribution >= 0.6 is 0 Å². The number of nitrogens with one attached hydrogen (secondary N) is 3. The minimum absolute atomic E-state index is 0.110. The van der Waals surface area contributed by atoms with Crippen molar-refractivity contribution in [3.63, 3.8) is 0 Å². The molecule has 10 nitrogen and oxygen atoms in total. The monoisotopic (exact) mass is 536 g/mol. The Morgan fingerprint density at radius 1 is 0.946 bits per heavy atom. The van der Waals surface area contributed by atoms with Crippen LogP contribution in [0.4, 0.5) is 16.6 Å². The average Bonchev–Trinajstić information content (AvgIpc) is 2.88. The summed E-state index contributed by atoms with van der Waals surface area (Å²) >= 11 is 0. The summed E-state index contributed by atoms with van der Waals surface area (Å²) in [6.07, 6.45) is 9.10. The highest BCUT2D eigenvalue weighted by atomic mass is 28.4. The lowest BCUT2D eigenvalue weighted by Crippen LogP contribution is -2.47. The smallest absolute Gasteiger partial charge is 0.374 e. The fourth-order valence-corrected chi connectivity index (χ4v) is 7.93. The van der Waals surface area contributed by atoms with Crippen LogP contribution < -0.4 is 20.9 Å². The first-order valence-corrected chi connectivity index (χ1v) is 16.1. The zero-order chi connectivity index (χ0) is 26.7. The molecule has 1 fully saturated rings. The Bertz CT molecular complexity index is 834. The highest BCUT2D eigenvalue weighted by Gasteiger charge is 2.39. The molecule has 1 heterocycles. The van der Waals surface area contributed by atoms with Crippen molar-refractivity contribution >= 4 is 26.6 Å². The summed E-state index contributed by atoms with van der Waals surface area (Å²) in [5.74, 6) is 1.78.